The summed E-state index contributed by atoms with van der Waals surface area (Å²) in [5.41, 5.74) is 1.77. The molecular formula is C24H26ClN5O3S. The zero-order valence-electron chi connectivity index (χ0n) is 19.0. The Morgan fingerprint density at radius 2 is 1.82 bits per heavy atom. The van der Waals surface area contributed by atoms with Gasteiger partial charge in [-0.05, 0) is 30.3 Å². The van der Waals surface area contributed by atoms with Gasteiger partial charge in [-0.3, -0.25) is 4.79 Å². The summed E-state index contributed by atoms with van der Waals surface area (Å²) in [7, 11) is 3.23. The highest BCUT2D eigenvalue weighted by molar-refractivity contribution is 7.99. The van der Waals surface area contributed by atoms with Crippen LogP contribution in [0.5, 0.6) is 11.5 Å². The van der Waals surface area contributed by atoms with Gasteiger partial charge in [0.15, 0.2) is 0 Å². The predicted molar refractivity (Wildman–Crippen MR) is 137 cm³/mol. The Bertz CT molecular complexity index is 1140. The Morgan fingerprint density at radius 1 is 1.03 bits per heavy atom. The maximum atomic E-state index is 12.4. The second-order valence-electron chi connectivity index (χ2n) is 7.58. The smallest absolute Gasteiger partial charge is 0.234 e. The molecule has 178 valence electrons. The third kappa shape index (κ3) is 6.03. The third-order valence-electron chi connectivity index (χ3n) is 5.44. The summed E-state index contributed by atoms with van der Waals surface area (Å²) >= 11 is 7.49. The normalized spacial score (nSPS) is 13.5. The summed E-state index contributed by atoms with van der Waals surface area (Å²) in [6.07, 6.45) is 1.55. The Kier molecular flexibility index (Phi) is 7.97. The van der Waals surface area contributed by atoms with E-state index in [1.54, 1.807) is 38.7 Å². The van der Waals surface area contributed by atoms with Crippen molar-refractivity contribution in [2.24, 2.45) is 0 Å². The van der Waals surface area contributed by atoms with Crippen LogP contribution in [-0.4, -0.2) is 62.0 Å². The average molecular weight is 500 g/mol. The second kappa shape index (κ2) is 11.3. The van der Waals surface area contributed by atoms with E-state index in [9.17, 15) is 4.79 Å². The predicted octanol–water partition coefficient (Wildman–Crippen LogP) is 4.20. The van der Waals surface area contributed by atoms with Crippen LogP contribution in [0.2, 0.25) is 5.02 Å². The van der Waals surface area contributed by atoms with Crippen molar-refractivity contribution in [3.05, 3.63) is 59.9 Å². The SMILES string of the molecule is COc1cccc(N2CCN(c3cc(SCC(=O)Nc4ccc(OC)c(Cl)c4)ncn3)CC2)c1. The number of thioether (sulfide) groups is 1. The van der Waals surface area contributed by atoms with E-state index in [-0.39, 0.29) is 11.7 Å². The van der Waals surface area contributed by atoms with E-state index < -0.39 is 0 Å². The van der Waals surface area contributed by atoms with Crippen molar-refractivity contribution >= 4 is 46.5 Å². The number of piperazine rings is 1. The van der Waals surface area contributed by atoms with Crippen LogP contribution in [-0.2, 0) is 4.79 Å². The number of carbonyl (C=O) groups excluding carboxylic acids is 1. The first kappa shape index (κ1) is 24.0. The number of ether oxygens (including phenoxy) is 2. The molecule has 0 atom stereocenters. The minimum Gasteiger partial charge on any atom is -0.497 e. The molecule has 3 aromatic rings. The van der Waals surface area contributed by atoms with Crippen molar-refractivity contribution in [2.45, 2.75) is 5.03 Å². The fourth-order valence-corrected chi connectivity index (χ4v) is 4.58. The molecule has 1 amide bonds. The number of hydrogen-bond acceptors (Lipinski definition) is 8. The third-order valence-corrected chi connectivity index (χ3v) is 6.66. The van der Waals surface area contributed by atoms with E-state index in [0.29, 0.717) is 16.5 Å². The lowest BCUT2D eigenvalue weighted by atomic mass is 10.2. The first-order valence-corrected chi connectivity index (χ1v) is 12.1. The molecule has 0 bridgehead atoms. The van der Waals surface area contributed by atoms with Crippen LogP contribution in [0.4, 0.5) is 17.2 Å². The van der Waals surface area contributed by atoms with E-state index in [4.69, 9.17) is 21.1 Å². The summed E-state index contributed by atoms with van der Waals surface area (Å²) in [4.78, 5) is 25.7. The molecule has 2 aromatic carbocycles. The molecule has 10 heteroatoms. The number of anilines is 3. The molecule has 1 aliphatic heterocycles. The topological polar surface area (TPSA) is 79.8 Å². The number of methoxy groups -OCH3 is 2. The monoisotopic (exact) mass is 499 g/mol. The number of rotatable bonds is 8. The first-order chi connectivity index (χ1) is 16.6. The van der Waals surface area contributed by atoms with E-state index in [1.807, 2.05) is 18.2 Å². The van der Waals surface area contributed by atoms with E-state index in [2.05, 4.69) is 37.2 Å². The number of halogens is 1. The van der Waals surface area contributed by atoms with E-state index >= 15 is 0 Å². The number of aromatic nitrogens is 2. The highest BCUT2D eigenvalue weighted by atomic mass is 35.5. The van der Waals surface area contributed by atoms with Gasteiger partial charge in [0.2, 0.25) is 5.91 Å². The largest absolute Gasteiger partial charge is 0.497 e. The van der Waals surface area contributed by atoms with Gasteiger partial charge >= 0.3 is 0 Å². The van der Waals surface area contributed by atoms with Crippen LogP contribution in [0.25, 0.3) is 0 Å². The lowest BCUT2D eigenvalue weighted by molar-refractivity contribution is -0.113. The van der Waals surface area contributed by atoms with Crippen LogP contribution in [0.3, 0.4) is 0 Å². The molecule has 4 rings (SSSR count). The molecule has 34 heavy (non-hydrogen) atoms. The van der Waals surface area contributed by atoms with Crippen LogP contribution < -0.4 is 24.6 Å². The van der Waals surface area contributed by atoms with Gasteiger partial charge in [-0.1, -0.05) is 29.4 Å². The van der Waals surface area contributed by atoms with Gasteiger partial charge in [-0.2, -0.15) is 0 Å². The van der Waals surface area contributed by atoms with Gasteiger partial charge in [0.05, 0.1) is 25.0 Å². The van der Waals surface area contributed by atoms with Crippen LogP contribution in [0.15, 0.2) is 59.9 Å². The van der Waals surface area contributed by atoms with Crippen molar-refractivity contribution in [1.82, 2.24) is 9.97 Å². The van der Waals surface area contributed by atoms with E-state index in [0.717, 1.165) is 48.5 Å². The minimum absolute atomic E-state index is 0.140. The maximum Gasteiger partial charge on any atom is 0.234 e. The van der Waals surface area contributed by atoms with Crippen LogP contribution >= 0.6 is 23.4 Å². The summed E-state index contributed by atoms with van der Waals surface area (Å²) in [6, 6.07) is 15.2. The van der Waals surface area contributed by atoms with E-state index in [1.165, 1.54) is 11.8 Å². The van der Waals surface area contributed by atoms with Gasteiger partial charge in [0, 0.05) is 49.7 Å². The quantitative estimate of drug-likeness (QED) is 0.365. The number of amides is 1. The van der Waals surface area contributed by atoms with Crippen LogP contribution in [0.1, 0.15) is 0 Å². The minimum atomic E-state index is -0.140. The molecule has 1 aliphatic rings. The van der Waals surface area contributed by atoms with Crippen molar-refractivity contribution in [3.63, 3.8) is 0 Å². The van der Waals surface area contributed by atoms with Crippen molar-refractivity contribution in [2.75, 3.05) is 61.3 Å². The maximum absolute atomic E-state index is 12.4. The molecule has 1 N–H and O–H groups in total. The number of nitrogens with one attached hydrogen (secondary N) is 1. The Morgan fingerprint density at radius 3 is 2.56 bits per heavy atom. The van der Waals surface area contributed by atoms with Crippen LogP contribution in [0, 0.1) is 0 Å². The summed E-state index contributed by atoms with van der Waals surface area (Å²) in [6.45, 7) is 3.45. The van der Waals surface area contributed by atoms with Gasteiger partial charge in [0.25, 0.3) is 0 Å². The molecule has 0 saturated carbocycles. The number of nitrogens with zero attached hydrogens (tertiary/aromatic N) is 4. The zero-order valence-corrected chi connectivity index (χ0v) is 20.6. The molecule has 2 heterocycles. The Balaban J connectivity index is 1.30. The molecule has 1 fully saturated rings. The average Bonchev–Trinajstić information content (AvgIpc) is 2.88. The molecule has 0 unspecified atom stereocenters. The van der Waals surface area contributed by atoms with Gasteiger partial charge in [0.1, 0.15) is 28.7 Å². The van der Waals surface area contributed by atoms with Gasteiger partial charge < -0.3 is 24.6 Å². The molecule has 1 aromatic heterocycles. The zero-order chi connectivity index (χ0) is 23.9. The number of hydrogen-bond donors (Lipinski definition) is 1. The lowest BCUT2D eigenvalue weighted by Crippen LogP contribution is -2.46. The summed E-state index contributed by atoms with van der Waals surface area (Å²) in [5.74, 6) is 2.37. The fraction of sp³-hybridized carbons (Fsp3) is 0.292. The molecule has 0 spiro atoms. The van der Waals surface area contributed by atoms with Gasteiger partial charge in [-0.25, -0.2) is 9.97 Å². The summed E-state index contributed by atoms with van der Waals surface area (Å²) < 4.78 is 10.5. The second-order valence-corrected chi connectivity index (χ2v) is 8.98. The van der Waals surface area contributed by atoms with Gasteiger partial charge in [-0.15, -0.1) is 0 Å². The number of benzene rings is 2. The van der Waals surface area contributed by atoms with Crippen molar-refractivity contribution < 1.29 is 14.3 Å². The molecule has 8 nitrogen and oxygen atoms in total. The first-order valence-electron chi connectivity index (χ1n) is 10.8. The highest BCUT2D eigenvalue weighted by Gasteiger charge is 2.19. The molecule has 0 aliphatic carbocycles. The number of carbonyl (C=O) groups is 1. The highest BCUT2D eigenvalue weighted by Crippen LogP contribution is 2.28. The van der Waals surface area contributed by atoms with Crippen molar-refractivity contribution in [1.29, 1.82) is 0 Å². The lowest BCUT2D eigenvalue weighted by Gasteiger charge is -2.36. The Hall–Kier alpha value is -3.17. The fourth-order valence-electron chi connectivity index (χ4n) is 3.66. The molecule has 0 radical (unpaired) electrons. The van der Waals surface area contributed by atoms with Crippen molar-refractivity contribution in [3.8, 4) is 11.5 Å². The molecule has 1 saturated heterocycles. The standard InChI is InChI=1S/C24H26ClN5O3S/c1-32-19-5-3-4-18(13-19)29-8-10-30(11-9-29)22-14-24(27-16-26-22)34-15-23(31)28-17-6-7-21(33-2)20(25)12-17/h3-7,12-14,16H,8-11,15H2,1-2H3,(H,28,31). The summed E-state index contributed by atoms with van der Waals surface area (Å²) in [5, 5.41) is 4.04. The Labute approximate surface area is 208 Å². The molecular weight excluding hydrogens is 474 g/mol.